The number of aliphatic carboxylic acids is 1. The van der Waals surface area contributed by atoms with Crippen LogP contribution in [0.3, 0.4) is 0 Å². The number of carboxylic acids is 1. The lowest BCUT2D eigenvalue weighted by Gasteiger charge is -2.10. The number of hydrogen-bond donors (Lipinski definition) is 3. The third kappa shape index (κ3) is 4.55. The van der Waals surface area contributed by atoms with Crippen molar-refractivity contribution in [3.05, 3.63) is 29.8 Å². The normalized spacial score (nSPS) is 11.9. The van der Waals surface area contributed by atoms with Crippen LogP contribution in [-0.2, 0) is 9.59 Å². The molecule has 1 atom stereocenters. The molecule has 0 fully saturated rings. The third-order valence-electron chi connectivity index (χ3n) is 2.53. The number of anilines is 1. The predicted octanol–water partition coefficient (Wildman–Crippen LogP) is 1.93. The highest BCUT2D eigenvalue weighted by atomic mass is 16.4. The number of carbonyl (C=O) groups is 2. The van der Waals surface area contributed by atoms with Gasteiger partial charge in [0, 0.05) is 18.5 Å². The van der Waals surface area contributed by atoms with Crippen LogP contribution in [0, 0.1) is 0 Å². The van der Waals surface area contributed by atoms with Gasteiger partial charge < -0.3 is 15.5 Å². The van der Waals surface area contributed by atoms with Gasteiger partial charge in [0.1, 0.15) is 0 Å². The van der Waals surface area contributed by atoms with E-state index in [1.165, 1.54) is 0 Å². The summed E-state index contributed by atoms with van der Waals surface area (Å²) in [6.07, 6.45) is -0.286. The fraction of sp³-hybridized carbons (Fsp3) is 0.385. The van der Waals surface area contributed by atoms with Gasteiger partial charge in [-0.15, -0.1) is 0 Å². The van der Waals surface area contributed by atoms with E-state index in [4.69, 9.17) is 5.11 Å². The van der Waals surface area contributed by atoms with Crippen molar-refractivity contribution in [2.24, 2.45) is 0 Å². The predicted molar refractivity (Wildman–Crippen MR) is 67.2 cm³/mol. The maximum Gasteiger partial charge on any atom is 0.303 e. The first-order valence-electron chi connectivity index (χ1n) is 5.82. The van der Waals surface area contributed by atoms with Crippen LogP contribution >= 0.6 is 0 Å². The minimum absolute atomic E-state index is 0.0739. The van der Waals surface area contributed by atoms with Crippen LogP contribution in [0.25, 0.3) is 0 Å². The molecule has 5 nitrogen and oxygen atoms in total. The zero-order chi connectivity index (χ0) is 13.5. The van der Waals surface area contributed by atoms with Crippen LogP contribution in [-0.4, -0.2) is 22.1 Å². The minimum Gasteiger partial charge on any atom is -0.481 e. The van der Waals surface area contributed by atoms with Gasteiger partial charge in [-0.25, -0.2) is 0 Å². The number of aliphatic hydroxyl groups is 1. The van der Waals surface area contributed by atoms with E-state index in [9.17, 15) is 14.7 Å². The largest absolute Gasteiger partial charge is 0.481 e. The van der Waals surface area contributed by atoms with E-state index < -0.39 is 12.1 Å². The van der Waals surface area contributed by atoms with Crippen molar-refractivity contribution in [2.45, 2.75) is 32.3 Å². The molecular weight excluding hydrogens is 234 g/mol. The Morgan fingerprint density at radius 2 is 1.89 bits per heavy atom. The second kappa shape index (κ2) is 6.76. The molecule has 0 saturated carbocycles. The first kappa shape index (κ1) is 14.2. The van der Waals surface area contributed by atoms with Gasteiger partial charge in [-0.1, -0.05) is 19.1 Å². The van der Waals surface area contributed by atoms with Gasteiger partial charge in [0.25, 0.3) is 0 Å². The summed E-state index contributed by atoms with van der Waals surface area (Å²) in [5, 5.41) is 21.0. The van der Waals surface area contributed by atoms with Crippen molar-refractivity contribution < 1.29 is 19.8 Å². The van der Waals surface area contributed by atoms with E-state index in [-0.39, 0.29) is 18.7 Å². The zero-order valence-corrected chi connectivity index (χ0v) is 10.2. The maximum atomic E-state index is 11.2. The number of carbonyl (C=O) groups excluding carboxylic acids is 1. The molecule has 0 radical (unpaired) electrons. The number of carboxylic acid groups (broad SMARTS) is 1. The summed E-state index contributed by atoms with van der Waals surface area (Å²) in [6.45, 7) is 1.76. The number of nitrogens with one attached hydrogen (secondary N) is 1. The summed E-state index contributed by atoms with van der Waals surface area (Å²) in [4.78, 5) is 21.5. The molecule has 1 unspecified atom stereocenters. The van der Waals surface area contributed by atoms with Gasteiger partial charge in [0.05, 0.1) is 6.10 Å². The van der Waals surface area contributed by atoms with Crippen molar-refractivity contribution in [2.75, 3.05) is 5.32 Å². The number of aliphatic hydroxyl groups excluding tert-OH is 1. The van der Waals surface area contributed by atoms with Crippen molar-refractivity contribution >= 4 is 17.6 Å². The second-order valence-corrected chi connectivity index (χ2v) is 3.97. The fourth-order valence-electron chi connectivity index (χ4n) is 1.46. The molecule has 98 valence electrons. The number of hydrogen-bond acceptors (Lipinski definition) is 3. The molecular formula is C13H17NO4. The SMILES string of the molecule is CCC(=O)Nc1ccc(C(O)CCC(=O)O)cc1. The van der Waals surface area contributed by atoms with Crippen molar-refractivity contribution in [3.8, 4) is 0 Å². The molecule has 0 aliphatic rings. The highest BCUT2D eigenvalue weighted by Crippen LogP contribution is 2.20. The average molecular weight is 251 g/mol. The Morgan fingerprint density at radius 3 is 2.39 bits per heavy atom. The van der Waals surface area contributed by atoms with Gasteiger partial charge in [-0.2, -0.15) is 0 Å². The lowest BCUT2D eigenvalue weighted by atomic mass is 10.0. The Hall–Kier alpha value is -1.88. The summed E-state index contributed by atoms with van der Waals surface area (Å²) >= 11 is 0. The Bertz CT molecular complexity index is 414. The van der Waals surface area contributed by atoms with Crippen molar-refractivity contribution in [1.29, 1.82) is 0 Å². The van der Waals surface area contributed by atoms with E-state index in [0.717, 1.165) is 0 Å². The quantitative estimate of drug-likeness (QED) is 0.721. The summed E-state index contributed by atoms with van der Waals surface area (Å²) in [6, 6.07) is 6.73. The Labute approximate surface area is 105 Å². The van der Waals surface area contributed by atoms with Crippen LogP contribution in [0.4, 0.5) is 5.69 Å². The lowest BCUT2D eigenvalue weighted by molar-refractivity contribution is -0.137. The Morgan fingerprint density at radius 1 is 1.28 bits per heavy atom. The van der Waals surface area contributed by atoms with Gasteiger partial charge in [-0.05, 0) is 24.1 Å². The molecule has 0 aliphatic carbocycles. The molecule has 1 aromatic carbocycles. The molecule has 1 amide bonds. The molecule has 3 N–H and O–H groups in total. The molecule has 0 heterocycles. The molecule has 0 saturated heterocycles. The van der Waals surface area contributed by atoms with E-state index >= 15 is 0 Å². The first-order chi connectivity index (χ1) is 8.52. The van der Waals surface area contributed by atoms with E-state index in [1.54, 1.807) is 31.2 Å². The lowest BCUT2D eigenvalue weighted by Crippen LogP contribution is -2.09. The summed E-state index contributed by atoms with van der Waals surface area (Å²) in [7, 11) is 0. The smallest absolute Gasteiger partial charge is 0.303 e. The Balaban J connectivity index is 2.58. The second-order valence-electron chi connectivity index (χ2n) is 3.97. The maximum absolute atomic E-state index is 11.2. The number of rotatable bonds is 6. The van der Waals surface area contributed by atoms with E-state index in [0.29, 0.717) is 17.7 Å². The topological polar surface area (TPSA) is 86.6 Å². The zero-order valence-electron chi connectivity index (χ0n) is 10.2. The molecule has 0 bridgehead atoms. The molecule has 1 aromatic rings. The molecule has 0 aromatic heterocycles. The molecule has 5 heteroatoms. The van der Waals surface area contributed by atoms with Crippen LogP contribution in [0.15, 0.2) is 24.3 Å². The van der Waals surface area contributed by atoms with Crippen LogP contribution in [0.2, 0.25) is 0 Å². The standard InChI is InChI=1S/C13H17NO4/c1-2-12(16)14-10-5-3-9(4-6-10)11(15)7-8-13(17)18/h3-6,11,15H,2,7-8H2,1H3,(H,14,16)(H,17,18). The van der Waals surface area contributed by atoms with Gasteiger partial charge in [0.2, 0.25) is 5.91 Å². The van der Waals surface area contributed by atoms with Gasteiger partial charge >= 0.3 is 5.97 Å². The summed E-state index contributed by atoms with van der Waals surface area (Å²) < 4.78 is 0. The van der Waals surface area contributed by atoms with E-state index in [2.05, 4.69) is 5.32 Å². The molecule has 18 heavy (non-hydrogen) atoms. The highest BCUT2D eigenvalue weighted by Gasteiger charge is 2.09. The molecule has 0 spiro atoms. The molecule has 0 aliphatic heterocycles. The minimum atomic E-state index is -0.930. The van der Waals surface area contributed by atoms with Crippen LogP contribution < -0.4 is 5.32 Å². The Kier molecular flexibility index (Phi) is 5.32. The monoisotopic (exact) mass is 251 g/mol. The van der Waals surface area contributed by atoms with Gasteiger partial charge in [0.15, 0.2) is 0 Å². The van der Waals surface area contributed by atoms with Crippen molar-refractivity contribution in [1.82, 2.24) is 0 Å². The highest BCUT2D eigenvalue weighted by molar-refractivity contribution is 5.90. The van der Waals surface area contributed by atoms with E-state index in [1.807, 2.05) is 0 Å². The third-order valence-corrected chi connectivity index (χ3v) is 2.53. The molecule has 1 rings (SSSR count). The first-order valence-corrected chi connectivity index (χ1v) is 5.82. The number of amides is 1. The van der Waals surface area contributed by atoms with Crippen molar-refractivity contribution in [3.63, 3.8) is 0 Å². The number of benzene rings is 1. The average Bonchev–Trinajstić information content (AvgIpc) is 2.36. The van der Waals surface area contributed by atoms with Crippen LogP contribution in [0.1, 0.15) is 37.9 Å². The van der Waals surface area contributed by atoms with Crippen LogP contribution in [0.5, 0.6) is 0 Å². The summed E-state index contributed by atoms with van der Waals surface area (Å²) in [5.74, 6) is -1.00. The van der Waals surface area contributed by atoms with Gasteiger partial charge in [-0.3, -0.25) is 9.59 Å². The summed E-state index contributed by atoms with van der Waals surface area (Å²) in [5.41, 5.74) is 1.31. The fourth-order valence-corrected chi connectivity index (χ4v) is 1.46.